The van der Waals surface area contributed by atoms with Crippen LogP contribution < -0.4 is 5.32 Å². The van der Waals surface area contributed by atoms with Crippen molar-refractivity contribution >= 4 is 11.3 Å². The van der Waals surface area contributed by atoms with Crippen LogP contribution in [0.1, 0.15) is 10.6 Å². The third-order valence-electron chi connectivity index (χ3n) is 3.90. The maximum Gasteiger partial charge on any atom is 0.0798 e. The molecule has 0 radical (unpaired) electrons. The molecule has 0 aliphatic carbocycles. The molecule has 2 aliphatic heterocycles. The zero-order valence-corrected chi connectivity index (χ0v) is 11.2. The highest BCUT2D eigenvalue weighted by molar-refractivity contribution is 7.09. The van der Waals surface area contributed by atoms with Gasteiger partial charge in [0, 0.05) is 56.7 Å². The van der Waals surface area contributed by atoms with Crippen molar-refractivity contribution in [1.82, 2.24) is 20.1 Å². The van der Waals surface area contributed by atoms with Gasteiger partial charge in [0.1, 0.15) is 0 Å². The van der Waals surface area contributed by atoms with E-state index in [4.69, 9.17) is 0 Å². The van der Waals surface area contributed by atoms with Crippen LogP contribution in [-0.2, 0) is 6.54 Å². The molecule has 3 rings (SSSR count). The summed E-state index contributed by atoms with van der Waals surface area (Å²) < 4.78 is 0. The lowest BCUT2D eigenvalue weighted by atomic mass is 10.1. The number of hydrogen-bond donors (Lipinski definition) is 1. The zero-order chi connectivity index (χ0) is 11.7. The Hall–Kier alpha value is -0.490. The summed E-state index contributed by atoms with van der Waals surface area (Å²) in [5, 5.41) is 3.35. The molecule has 2 saturated heterocycles. The number of nitrogens with one attached hydrogen (secondary N) is 1. The number of piperazine rings is 1. The molecule has 1 N–H and O–H groups in total. The van der Waals surface area contributed by atoms with Crippen molar-refractivity contribution in [3.8, 4) is 0 Å². The molecule has 2 fully saturated rings. The molecule has 0 atom stereocenters. The molecule has 0 amide bonds. The van der Waals surface area contributed by atoms with Crippen LogP contribution in [0.2, 0.25) is 0 Å². The Morgan fingerprint density at radius 2 is 2.12 bits per heavy atom. The molecular weight excluding hydrogens is 232 g/mol. The summed E-state index contributed by atoms with van der Waals surface area (Å²) in [6, 6.07) is 0.808. The Labute approximate surface area is 107 Å². The molecule has 17 heavy (non-hydrogen) atoms. The van der Waals surface area contributed by atoms with Gasteiger partial charge in [0.25, 0.3) is 0 Å². The topological polar surface area (TPSA) is 31.4 Å². The first-order chi connectivity index (χ1) is 8.33. The van der Waals surface area contributed by atoms with E-state index < -0.39 is 0 Å². The summed E-state index contributed by atoms with van der Waals surface area (Å²) in [5.74, 6) is 0. The average molecular weight is 252 g/mol. The van der Waals surface area contributed by atoms with Crippen molar-refractivity contribution in [2.75, 3.05) is 39.3 Å². The van der Waals surface area contributed by atoms with E-state index in [2.05, 4.69) is 27.0 Å². The van der Waals surface area contributed by atoms with E-state index in [1.54, 1.807) is 11.3 Å². The van der Waals surface area contributed by atoms with Crippen LogP contribution in [0.5, 0.6) is 0 Å². The van der Waals surface area contributed by atoms with Crippen LogP contribution in [0.15, 0.2) is 5.51 Å². The van der Waals surface area contributed by atoms with Gasteiger partial charge in [-0.1, -0.05) is 0 Å². The Balaban J connectivity index is 1.49. The lowest BCUT2D eigenvalue weighted by Crippen LogP contribution is -2.61. The third-order valence-corrected chi connectivity index (χ3v) is 4.82. The summed E-state index contributed by atoms with van der Waals surface area (Å²) in [6.07, 6.45) is 0. The molecule has 1 aromatic rings. The molecule has 5 heteroatoms. The van der Waals surface area contributed by atoms with Gasteiger partial charge in [-0.15, -0.1) is 11.3 Å². The largest absolute Gasteiger partial charge is 0.314 e. The van der Waals surface area contributed by atoms with Crippen LogP contribution in [-0.4, -0.2) is 60.1 Å². The lowest BCUT2D eigenvalue weighted by Gasteiger charge is -2.43. The van der Waals surface area contributed by atoms with Crippen LogP contribution in [0.25, 0.3) is 0 Å². The monoisotopic (exact) mass is 252 g/mol. The Morgan fingerprint density at radius 3 is 2.65 bits per heavy atom. The fourth-order valence-electron chi connectivity index (χ4n) is 2.50. The van der Waals surface area contributed by atoms with E-state index >= 15 is 0 Å². The van der Waals surface area contributed by atoms with Gasteiger partial charge in [0.2, 0.25) is 0 Å². The Bertz CT molecular complexity index is 366. The van der Waals surface area contributed by atoms with Crippen LogP contribution >= 0.6 is 11.3 Å². The van der Waals surface area contributed by atoms with Gasteiger partial charge in [-0.05, 0) is 6.92 Å². The number of hydrogen-bond acceptors (Lipinski definition) is 5. The predicted octanol–water partition coefficient (Wildman–Crippen LogP) is 0.541. The number of rotatable bonds is 3. The van der Waals surface area contributed by atoms with Gasteiger partial charge in [0.05, 0.1) is 11.2 Å². The average Bonchev–Trinajstić information content (AvgIpc) is 2.65. The second-order valence-corrected chi connectivity index (χ2v) is 5.92. The van der Waals surface area contributed by atoms with E-state index in [1.165, 1.54) is 49.8 Å². The Morgan fingerprint density at radius 1 is 1.35 bits per heavy atom. The third kappa shape index (κ3) is 2.52. The number of nitrogens with zero attached hydrogens (tertiary/aromatic N) is 3. The number of aromatic nitrogens is 1. The first kappa shape index (κ1) is 11.6. The van der Waals surface area contributed by atoms with Gasteiger partial charge in [-0.25, -0.2) is 4.98 Å². The van der Waals surface area contributed by atoms with Crippen LogP contribution in [0.3, 0.4) is 0 Å². The predicted molar refractivity (Wildman–Crippen MR) is 70.4 cm³/mol. The minimum Gasteiger partial charge on any atom is -0.314 e. The van der Waals surface area contributed by atoms with Crippen LogP contribution in [0.4, 0.5) is 0 Å². The van der Waals surface area contributed by atoms with E-state index in [1.807, 2.05) is 5.51 Å². The van der Waals surface area contributed by atoms with Gasteiger partial charge >= 0.3 is 0 Å². The molecular formula is C12H20N4S. The second kappa shape index (κ2) is 5.02. The van der Waals surface area contributed by atoms with E-state index in [0.29, 0.717) is 0 Å². The van der Waals surface area contributed by atoms with Crippen molar-refractivity contribution in [2.45, 2.75) is 19.5 Å². The zero-order valence-electron chi connectivity index (χ0n) is 10.4. The minimum absolute atomic E-state index is 0.808. The van der Waals surface area contributed by atoms with Crippen molar-refractivity contribution < 1.29 is 0 Å². The van der Waals surface area contributed by atoms with E-state index in [0.717, 1.165) is 12.6 Å². The number of thiazole rings is 1. The van der Waals surface area contributed by atoms with E-state index in [9.17, 15) is 0 Å². The standard InChI is InChI=1S/C12H20N4S/c1-10-12(17-9-14-10)8-15-2-4-16(5-3-15)11-6-13-7-11/h9,11,13H,2-8H2,1H3. The highest BCUT2D eigenvalue weighted by atomic mass is 32.1. The fourth-order valence-corrected chi connectivity index (χ4v) is 3.32. The highest BCUT2D eigenvalue weighted by Gasteiger charge is 2.27. The first-order valence-electron chi connectivity index (χ1n) is 6.39. The smallest absolute Gasteiger partial charge is 0.0798 e. The molecule has 0 spiro atoms. The molecule has 0 saturated carbocycles. The van der Waals surface area contributed by atoms with Crippen molar-refractivity contribution in [3.63, 3.8) is 0 Å². The maximum absolute atomic E-state index is 4.32. The fraction of sp³-hybridized carbons (Fsp3) is 0.750. The second-order valence-electron chi connectivity index (χ2n) is 4.99. The molecule has 0 bridgehead atoms. The van der Waals surface area contributed by atoms with Crippen molar-refractivity contribution in [3.05, 3.63) is 16.1 Å². The van der Waals surface area contributed by atoms with Gasteiger partial charge < -0.3 is 5.32 Å². The van der Waals surface area contributed by atoms with Gasteiger partial charge in [-0.2, -0.15) is 0 Å². The minimum atomic E-state index is 0.808. The van der Waals surface area contributed by atoms with E-state index in [-0.39, 0.29) is 0 Å². The van der Waals surface area contributed by atoms with Gasteiger partial charge in [-0.3, -0.25) is 9.80 Å². The molecule has 0 aromatic carbocycles. The SMILES string of the molecule is Cc1ncsc1CN1CCN(C2CNC2)CC1. The summed E-state index contributed by atoms with van der Waals surface area (Å²) in [5.41, 5.74) is 3.17. The normalized spacial score (nSPS) is 23.8. The number of aryl methyl sites for hydroxylation is 1. The van der Waals surface area contributed by atoms with Crippen molar-refractivity contribution in [1.29, 1.82) is 0 Å². The molecule has 94 valence electrons. The lowest BCUT2D eigenvalue weighted by molar-refractivity contribution is 0.0699. The maximum atomic E-state index is 4.32. The molecule has 4 nitrogen and oxygen atoms in total. The molecule has 3 heterocycles. The van der Waals surface area contributed by atoms with Gasteiger partial charge in [0.15, 0.2) is 0 Å². The summed E-state index contributed by atoms with van der Waals surface area (Å²) >= 11 is 1.79. The first-order valence-corrected chi connectivity index (χ1v) is 7.27. The van der Waals surface area contributed by atoms with Crippen molar-refractivity contribution in [2.24, 2.45) is 0 Å². The molecule has 1 aromatic heterocycles. The van der Waals surface area contributed by atoms with Crippen LogP contribution in [0, 0.1) is 6.92 Å². The molecule has 2 aliphatic rings. The summed E-state index contributed by atoms with van der Waals surface area (Å²) in [6.45, 7) is 10.4. The highest BCUT2D eigenvalue weighted by Crippen LogP contribution is 2.17. The summed E-state index contributed by atoms with van der Waals surface area (Å²) in [4.78, 5) is 10.9. The molecule has 0 unspecified atom stereocenters. The summed E-state index contributed by atoms with van der Waals surface area (Å²) in [7, 11) is 0. The quantitative estimate of drug-likeness (QED) is 0.851. The Kier molecular flexibility index (Phi) is 3.42.